The van der Waals surface area contributed by atoms with Crippen molar-refractivity contribution in [2.45, 2.75) is 12.8 Å². The van der Waals surface area contributed by atoms with Crippen LogP contribution in [-0.2, 0) is 16.0 Å². The van der Waals surface area contributed by atoms with Crippen molar-refractivity contribution in [3.8, 4) is 0 Å². The average Bonchev–Trinajstić information content (AvgIpc) is 2.51. The molecule has 0 radical (unpaired) electrons. The van der Waals surface area contributed by atoms with Crippen molar-refractivity contribution < 1.29 is 23.9 Å². The molecule has 0 aliphatic rings. The molecule has 0 atom stereocenters. The van der Waals surface area contributed by atoms with Crippen molar-refractivity contribution in [2.75, 3.05) is 0 Å². The SMILES string of the molecule is O=C(O)C(=O)CC(=O)c1cccc(Cc2ccc(F)c(Cl)c2)c1. The maximum atomic E-state index is 13.1. The molecule has 4 nitrogen and oxygen atoms in total. The van der Waals surface area contributed by atoms with Crippen LogP contribution in [0.5, 0.6) is 0 Å². The van der Waals surface area contributed by atoms with Gasteiger partial charge in [-0.05, 0) is 35.7 Å². The largest absolute Gasteiger partial charge is 0.475 e. The number of carbonyl (C=O) groups excluding carboxylic acids is 2. The fraction of sp³-hybridized carbons (Fsp3) is 0.118. The number of rotatable bonds is 6. The molecule has 1 N–H and O–H groups in total. The molecule has 0 fully saturated rings. The van der Waals surface area contributed by atoms with E-state index in [1.807, 2.05) is 0 Å². The number of halogens is 2. The van der Waals surface area contributed by atoms with Gasteiger partial charge in [-0.15, -0.1) is 0 Å². The van der Waals surface area contributed by atoms with E-state index in [1.54, 1.807) is 24.3 Å². The molecule has 118 valence electrons. The highest BCUT2D eigenvalue weighted by Crippen LogP contribution is 2.19. The van der Waals surface area contributed by atoms with Crippen LogP contribution in [0.3, 0.4) is 0 Å². The second kappa shape index (κ2) is 7.15. The van der Waals surface area contributed by atoms with Crippen molar-refractivity contribution in [2.24, 2.45) is 0 Å². The number of hydrogen-bond acceptors (Lipinski definition) is 3. The van der Waals surface area contributed by atoms with Gasteiger partial charge < -0.3 is 5.11 Å². The van der Waals surface area contributed by atoms with E-state index in [9.17, 15) is 18.8 Å². The maximum absolute atomic E-state index is 13.1. The summed E-state index contributed by atoms with van der Waals surface area (Å²) < 4.78 is 13.1. The number of carboxylic acid groups (broad SMARTS) is 1. The minimum Gasteiger partial charge on any atom is -0.475 e. The molecule has 2 rings (SSSR count). The van der Waals surface area contributed by atoms with Gasteiger partial charge in [0.2, 0.25) is 5.78 Å². The summed E-state index contributed by atoms with van der Waals surface area (Å²) in [4.78, 5) is 33.5. The van der Waals surface area contributed by atoms with Crippen molar-refractivity contribution in [1.82, 2.24) is 0 Å². The molecule has 23 heavy (non-hydrogen) atoms. The van der Waals surface area contributed by atoms with Gasteiger partial charge in [0.25, 0.3) is 0 Å². The Hall–Kier alpha value is -2.53. The Bertz CT molecular complexity index is 786. The first kappa shape index (κ1) is 16.8. The van der Waals surface area contributed by atoms with E-state index in [-0.39, 0.29) is 10.6 Å². The summed E-state index contributed by atoms with van der Waals surface area (Å²) in [5.74, 6) is -3.84. The molecule has 0 saturated carbocycles. The zero-order valence-corrected chi connectivity index (χ0v) is 12.6. The van der Waals surface area contributed by atoms with E-state index in [0.29, 0.717) is 6.42 Å². The molecule has 0 aromatic heterocycles. The van der Waals surface area contributed by atoms with E-state index in [0.717, 1.165) is 11.1 Å². The molecule has 0 bridgehead atoms. The summed E-state index contributed by atoms with van der Waals surface area (Å²) in [7, 11) is 0. The van der Waals surface area contributed by atoms with Crippen molar-refractivity contribution in [1.29, 1.82) is 0 Å². The van der Waals surface area contributed by atoms with Crippen LogP contribution < -0.4 is 0 Å². The van der Waals surface area contributed by atoms with E-state index in [4.69, 9.17) is 16.7 Å². The Morgan fingerprint density at radius 1 is 1.04 bits per heavy atom. The van der Waals surface area contributed by atoms with Gasteiger partial charge >= 0.3 is 5.97 Å². The van der Waals surface area contributed by atoms with Gasteiger partial charge in [0.15, 0.2) is 5.78 Å². The topological polar surface area (TPSA) is 71.4 Å². The van der Waals surface area contributed by atoms with E-state index in [1.165, 1.54) is 18.2 Å². The minimum atomic E-state index is -1.63. The van der Waals surface area contributed by atoms with Crippen molar-refractivity contribution in [3.63, 3.8) is 0 Å². The summed E-state index contributed by atoms with van der Waals surface area (Å²) in [6, 6.07) is 10.8. The van der Waals surface area contributed by atoms with Crippen LogP contribution in [0.1, 0.15) is 27.9 Å². The molecule has 0 saturated heterocycles. The summed E-state index contributed by atoms with van der Waals surface area (Å²) in [5.41, 5.74) is 1.79. The third-order valence-corrected chi connectivity index (χ3v) is 3.49. The number of ketones is 2. The summed E-state index contributed by atoms with van der Waals surface area (Å²) >= 11 is 5.73. The highest BCUT2D eigenvalue weighted by molar-refractivity contribution is 6.37. The van der Waals surface area contributed by atoms with Gasteiger partial charge in [-0.25, -0.2) is 9.18 Å². The third-order valence-electron chi connectivity index (χ3n) is 3.20. The molecule has 0 aliphatic heterocycles. The van der Waals surface area contributed by atoms with Gasteiger partial charge in [-0.1, -0.05) is 35.9 Å². The van der Waals surface area contributed by atoms with Crippen LogP contribution in [0.2, 0.25) is 5.02 Å². The van der Waals surface area contributed by atoms with Crippen LogP contribution in [0, 0.1) is 5.82 Å². The average molecular weight is 335 g/mol. The maximum Gasteiger partial charge on any atom is 0.372 e. The molecular weight excluding hydrogens is 323 g/mol. The second-order valence-corrected chi connectivity index (χ2v) is 5.36. The van der Waals surface area contributed by atoms with Crippen LogP contribution in [0.4, 0.5) is 4.39 Å². The first-order valence-electron chi connectivity index (χ1n) is 6.69. The number of benzene rings is 2. The number of Topliss-reactive ketones (excluding diaryl/α,β-unsaturated/α-hetero) is 2. The van der Waals surface area contributed by atoms with Gasteiger partial charge in [-0.3, -0.25) is 9.59 Å². The number of hydrogen-bond donors (Lipinski definition) is 1. The zero-order valence-electron chi connectivity index (χ0n) is 11.9. The number of carbonyl (C=O) groups is 3. The number of carboxylic acids is 1. The third kappa shape index (κ3) is 4.47. The monoisotopic (exact) mass is 334 g/mol. The van der Waals surface area contributed by atoms with Gasteiger partial charge in [0, 0.05) is 5.56 Å². The Kier molecular flexibility index (Phi) is 5.24. The molecule has 0 heterocycles. The van der Waals surface area contributed by atoms with Gasteiger partial charge in [-0.2, -0.15) is 0 Å². The van der Waals surface area contributed by atoms with E-state index >= 15 is 0 Å². The van der Waals surface area contributed by atoms with Gasteiger partial charge in [0.1, 0.15) is 5.82 Å². The summed E-state index contributed by atoms with van der Waals surface area (Å²) in [6.07, 6.45) is -0.255. The minimum absolute atomic E-state index is 0.0155. The predicted octanol–water partition coefficient (Wildman–Crippen LogP) is 3.30. The molecule has 0 spiro atoms. The van der Waals surface area contributed by atoms with Crippen LogP contribution in [0.15, 0.2) is 42.5 Å². The lowest BCUT2D eigenvalue weighted by Crippen LogP contribution is -2.17. The smallest absolute Gasteiger partial charge is 0.372 e. The number of aliphatic carboxylic acids is 1. The standard InChI is InChI=1S/C17H12ClFO4/c18-13-8-11(4-5-14(13)19)6-10-2-1-3-12(7-10)15(20)9-16(21)17(22)23/h1-5,7-8H,6,9H2,(H,22,23). The highest BCUT2D eigenvalue weighted by atomic mass is 35.5. The Morgan fingerprint density at radius 3 is 2.39 bits per heavy atom. The van der Waals surface area contributed by atoms with Crippen LogP contribution in [0.25, 0.3) is 0 Å². The Balaban J connectivity index is 2.16. The fourth-order valence-corrected chi connectivity index (χ4v) is 2.27. The second-order valence-electron chi connectivity index (χ2n) is 4.95. The van der Waals surface area contributed by atoms with E-state index in [2.05, 4.69) is 0 Å². The summed E-state index contributed by atoms with van der Waals surface area (Å²) in [5, 5.41) is 8.55. The normalized spacial score (nSPS) is 10.3. The lowest BCUT2D eigenvalue weighted by atomic mass is 9.99. The Labute approximate surface area is 136 Å². The molecular formula is C17H12ClFO4. The van der Waals surface area contributed by atoms with E-state index < -0.39 is 29.8 Å². The van der Waals surface area contributed by atoms with Crippen molar-refractivity contribution in [3.05, 3.63) is 70.0 Å². The molecule has 2 aromatic carbocycles. The van der Waals surface area contributed by atoms with Crippen LogP contribution >= 0.6 is 11.6 Å². The fourth-order valence-electron chi connectivity index (χ4n) is 2.06. The van der Waals surface area contributed by atoms with Crippen molar-refractivity contribution >= 4 is 29.1 Å². The Morgan fingerprint density at radius 2 is 1.74 bits per heavy atom. The predicted molar refractivity (Wildman–Crippen MR) is 82.2 cm³/mol. The quantitative estimate of drug-likeness (QED) is 0.500. The molecule has 6 heteroatoms. The molecule has 0 aliphatic carbocycles. The molecule has 0 amide bonds. The van der Waals surface area contributed by atoms with Gasteiger partial charge in [0.05, 0.1) is 11.4 Å². The zero-order chi connectivity index (χ0) is 17.0. The summed E-state index contributed by atoms with van der Waals surface area (Å²) in [6.45, 7) is 0. The lowest BCUT2D eigenvalue weighted by molar-refractivity contribution is -0.148. The first-order chi connectivity index (χ1) is 10.9. The molecule has 0 unspecified atom stereocenters. The first-order valence-corrected chi connectivity index (χ1v) is 7.07. The highest BCUT2D eigenvalue weighted by Gasteiger charge is 2.18. The lowest BCUT2D eigenvalue weighted by Gasteiger charge is -2.06. The molecule has 2 aromatic rings. The van der Waals surface area contributed by atoms with Crippen LogP contribution in [-0.4, -0.2) is 22.6 Å².